The highest BCUT2D eigenvalue weighted by Crippen LogP contribution is 2.33. The number of amides is 2. The summed E-state index contributed by atoms with van der Waals surface area (Å²) in [7, 11) is 1.57. The first-order valence-corrected chi connectivity index (χ1v) is 12.5. The molecule has 1 aromatic heterocycles. The summed E-state index contributed by atoms with van der Waals surface area (Å²) in [6.45, 7) is 0.595. The number of carbonyl (C=O) groups is 2. The van der Waals surface area contributed by atoms with Crippen LogP contribution in [0.4, 0.5) is 18.9 Å². The second-order valence-corrected chi connectivity index (χ2v) is 8.81. The van der Waals surface area contributed by atoms with Crippen molar-refractivity contribution in [2.24, 2.45) is 0 Å². The van der Waals surface area contributed by atoms with Gasteiger partial charge in [0.05, 0.1) is 24.6 Å². The molecule has 0 bridgehead atoms. The third-order valence-corrected chi connectivity index (χ3v) is 6.03. The molecule has 208 valence electrons. The molecule has 1 heterocycles. The van der Waals surface area contributed by atoms with Gasteiger partial charge < -0.3 is 20.7 Å². The normalized spacial score (nSPS) is 11.9. The highest BCUT2D eigenvalue weighted by atomic mass is 19.4. The molecular weight excluding hydrogens is 523 g/mol. The lowest BCUT2D eigenvalue weighted by Gasteiger charge is -2.20. The Morgan fingerprint density at radius 2 is 1.57 bits per heavy atom. The van der Waals surface area contributed by atoms with E-state index in [1.165, 1.54) is 12.1 Å². The molecule has 3 aromatic carbocycles. The van der Waals surface area contributed by atoms with E-state index in [2.05, 4.69) is 21.0 Å². The van der Waals surface area contributed by atoms with Crippen LogP contribution in [0.15, 0.2) is 91.1 Å². The smallest absolute Gasteiger partial charge is 0.434 e. The minimum atomic E-state index is -4.87. The lowest BCUT2D eigenvalue weighted by molar-refractivity contribution is -0.143. The number of hydrogen-bond donors (Lipinski definition) is 3. The Hall–Kier alpha value is -4.80. The van der Waals surface area contributed by atoms with Crippen molar-refractivity contribution in [1.82, 2.24) is 20.4 Å². The molecule has 0 aliphatic heterocycles. The third-order valence-electron chi connectivity index (χ3n) is 6.03. The number of nitrogens with zero attached hydrogens (tertiary/aromatic N) is 2. The van der Waals surface area contributed by atoms with E-state index in [9.17, 15) is 22.8 Å². The van der Waals surface area contributed by atoms with Gasteiger partial charge in [0.2, 0.25) is 5.91 Å². The van der Waals surface area contributed by atoms with Crippen molar-refractivity contribution in [2.75, 3.05) is 25.5 Å². The largest absolute Gasteiger partial charge is 0.497 e. The van der Waals surface area contributed by atoms with Crippen molar-refractivity contribution in [3.05, 3.63) is 108 Å². The minimum absolute atomic E-state index is 0.0818. The fourth-order valence-corrected chi connectivity index (χ4v) is 4.07. The highest BCUT2D eigenvalue weighted by Gasteiger charge is 2.41. The van der Waals surface area contributed by atoms with Crippen LogP contribution < -0.4 is 20.7 Å². The third kappa shape index (κ3) is 7.19. The van der Waals surface area contributed by atoms with Gasteiger partial charge in [-0.2, -0.15) is 18.3 Å². The van der Waals surface area contributed by atoms with Gasteiger partial charge in [-0.25, -0.2) is 4.68 Å². The molecule has 8 nitrogen and oxygen atoms in total. The van der Waals surface area contributed by atoms with E-state index < -0.39 is 35.3 Å². The van der Waals surface area contributed by atoms with E-state index in [0.29, 0.717) is 17.0 Å². The first-order valence-electron chi connectivity index (χ1n) is 12.5. The van der Waals surface area contributed by atoms with E-state index in [-0.39, 0.29) is 18.7 Å². The van der Waals surface area contributed by atoms with Gasteiger partial charge in [0.25, 0.3) is 5.91 Å². The van der Waals surface area contributed by atoms with Crippen LogP contribution in [0.25, 0.3) is 5.69 Å². The number of hydrogen-bond acceptors (Lipinski definition) is 5. The van der Waals surface area contributed by atoms with Crippen molar-refractivity contribution in [1.29, 1.82) is 0 Å². The number of aromatic nitrogens is 2. The van der Waals surface area contributed by atoms with Gasteiger partial charge in [0, 0.05) is 25.2 Å². The summed E-state index contributed by atoms with van der Waals surface area (Å²) in [5, 5.41) is 12.2. The first kappa shape index (κ1) is 28.2. The van der Waals surface area contributed by atoms with E-state index in [1.54, 1.807) is 67.8 Å². The Labute approximate surface area is 229 Å². The number of nitrogens with one attached hydrogen (secondary N) is 3. The Bertz CT molecular complexity index is 1410. The maximum atomic E-state index is 14.1. The Kier molecular flexibility index (Phi) is 9.05. The zero-order valence-corrected chi connectivity index (χ0v) is 21.6. The number of para-hydroxylation sites is 1. The van der Waals surface area contributed by atoms with Crippen LogP contribution in [-0.2, 0) is 17.4 Å². The van der Waals surface area contributed by atoms with Gasteiger partial charge in [0.15, 0.2) is 5.69 Å². The molecule has 40 heavy (non-hydrogen) atoms. The fourth-order valence-electron chi connectivity index (χ4n) is 4.07. The van der Waals surface area contributed by atoms with Crippen molar-refractivity contribution in [3.8, 4) is 11.4 Å². The van der Waals surface area contributed by atoms with Gasteiger partial charge in [-0.1, -0.05) is 48.5 Å². The van der Waals surface area contributed by atoms with E-state index in [1.807, 2.05) is 12.1 Å². The summed E-state index contributed by atoms with van der Waals surface area (Å²) in [5.74, 6) is -0.874. The summed E-state index contributed by atoms with van der Waals surface area (Å²) < 4.78 is 48.1. The zero-order chi connectivity index (χ0) is 28.5. The molecule has 0 spiro atoms. The van der Waals surface area contributed by atoms with Gasteiger partial charge >= 0.3 is 6.18 Å². The van der Waals surface area contributed by atoms with E-state index >= 15 is 0 Å². The number of halogens is 3. The minimum Gasteiger partial charge on any atom is -0.497 e. The molecule has 0 aliphatic carbocycles. The van der Waals surface area contributed by atoms with Crippen LogP contribution in [0.5, 0.6) is 5.75 Å². The summed E-state index contributed by atoms with van der Waals surface area (Å²) in [6.07, 6.45) is -3.93. The molecule has 4 rings (SSSR count). The lowest BCUT2D eigenvalue weighted by Crippen LogP contribution is -2.49. The number of ether oxygens (including phenoxy) is 1. The van der Waals surface area contributed by atoms with Crippen LogP contribution in [0.1, 0.15) is 21.6 Å². The molecule has 3 N–H and O–H groups in total. The SMILES string of the molecule is COc1ccc(NCCNC(=O)[C@H](Cc2ccccc2)NC(=O)c2cnn(-c3ccccc3)c2C(F)(F)F)cc1. The highest BCUT2D eigenvalue weighted by molar-refractivity contribution is 5.98. The van der Waals surface area contributed by atoms with Crippen molar-refractivity contribution >= 4 is 17.5 Å². The van der Waals surface area contributed by atoms with E-state index in [0.717, 1.165) is 17.4 Å². The van der Waals surface area contributed by atoms with Gasteiger partial charge in [0.1, 0.15) is 11.8 Å². The molecule has 2 amide bonds. The fraction of sp³-hybridized carbons (Fsp3) is 0.207. The Morgan fingerprint density at radius 3 is 2.20 bits per heavy atom. The van der Waals surface area contributed by atoms with Crippen molar-refractivity contribution in [3.63, 3.8) is 0 Å². The van der Waals surface area contributed by atoms with Crippen molar-refractivity contribution < 1.29 is 27.5 Å². The predicted molar refractivity (Wildman–Crippen MR) is 144 cm³/mol. The quantitative estimate of drug-likeness (QED) is 0.239. The van der Waals surface area contributed by atoms with E-state index in [4.69, 9.17) is 4.74 Å². The summed E-state index contributed by atoms with van der Waals surface area (Å²) in [5.41, 5.74) is -0.200. The topological polar surface area (TPSA) is 97.3 Å². The summed E-state index contributed by atoms with van der Waals surface area (Å²) in [4.78, 5) is 26.3. The molecule has 0 fully saturated rings. The van der Waals surface area contributed by atoms with Crippen LogP contribution in [0.2, 0.25) is 0 Å². The number of carbonyl (C=O) groups excluding carboxylic acids is 2. The maximum Gasteiger partial charge on any atom is 0.434 e. The second kappa shape index (κ2) is 12.8. The molecule has 0 radical (unpaired) electrons. The average Bonchev–Trinajstić information content (AvgIpc) is 3.43. The number of anilines is 1. The maximum absolute atomic E-state index is 14.1. The predicted octanol–water partition coefficient (Wildman–Crippen LogP) is 4.47. The number of alkyl halides is 3. The molecule has 11 heteroatoms. The Morgan fingerprint density at radius 1 is 0.925 bits per heavy atom. The van der Waals surface area contributed by atoms with Gasteiger partial charge in [-0.3, -0.25) is 9.59 Å². The number of methoxy groups -OCH3 is 1. The Balaban J connectivity index is 1.48. The first-order chi connectivity index (χ1) is 19.3. The van der Waals surface area contributed by atoms with Crippen molar-refractivity contribution in [2.45, 2.75) is 18.6 Å². The zero-order valence-electron chi connectivity index (χ0n) is 21.6. The van der Waals surface area contributed by atoms with Gasteiger partial charge in [-0.05, 0) is 42.0 Å². The second-order valence-electron chi connectivity index (χ2n) is 8.81. The van der Waals surface area contributed by atoms with Crippen LogP contribution in [-0.4, -0.2) is 47.8 Å². The van der Waals surface area contributed by atoms with Crippen LogP contribution in [0.3, 0.4) is 0 Å². The summed E-state index contributed by atoms with van der Waals surface area (Å²) >= 11 is 0. The van der Waals surface area contributed by atoms with Crippen LogP contribution in [0, 0.1) is 0 Å². The molecule has 0 saturated heterocycles. The number of rotatable bonds is 11. The molecule has 0 saturated carbocycles. The molecule has 0 aliphatic rings. The summed E-state index contributed by atoms with van der Waals surface area (Å²) in [6, 6.07) is 22.7. The van der Waals surface area contributed by atoms with Crippen LogP contribution >= 0.6 is 0 Å². The monoisotopic (exact) mass is 551 g/mol. The molecular formula is C29H28F3N5O3. The molecule has 0 unspecified atom stereocenters. The average molecular weight is 552 g/mol. The standard InChI is InChI=1S/C29H28F3N5O3/c1-40-23-14-12-21(13-15-23)33-16-17-34-28(39)25(18-20-8-4-2-5-9-20)36-27(38)24-19-35-37(26(24)29(30,31)32)22-10-6-3-7-11-22/h2-15,19,25,33H,16-18H2,1H3,(H,34,39)(H,36,38)/t25-/m0/s1. The molecule has 4 aromatic rings. The number of benzene rings is 3. The molecule has 1 atom stereocenters. The van der Waals surface area contributed by atoms with Gasteiger partial charge in [-0.15, -0.1) is 0 Å². The lowest BCUT2D eigenvalue weighted by atomic mass is 10.0.